The number of nitrogens with one attached hydrogen (secondary N) is 1. The molecule has 0 aromatic heterocycles. The summed E-state index contributed by atoms with van der Waals surface area (Å²) in [6.45, 7) is 0.0540. The van der Waals surface area contributed by atoms with Crippen LogP contribution in [0.3, 0.4) is 0 Å². The lowest BCUT2D eigenvalue weighted by molar-refractivity contribution is -0.130. The van der Waals surface area contributed by atoms with E-state index in [0.29, 0.717) is 5.56 Å². The Balaban J connectivity index is 1.42. The largest absolute Gasteiger partial charge is 0.460 e. The second kappa shape index (κ2) is 12.7. The molecule has 1 aliphatic heterocycles. The summed E-state index contributed by atoms with van der Waals surface area (Å²) in [5.74, 6) is -0.500. The minimum atomic E-state index is -0.442. The van der Waals surface area contributed by atoms with Gasteiger partial charge in [0.2, 0.25) is 5.91 Å². The Kier molecular flexibility index (Phi) is 8.49. The molecule has 5 nitrogen and oxygen atoms in total. The second-order valence-corrected chi connectivity index (χ2v) is 9.63. The first-order valence-corrected chi connectivity index (χ1v) is 13.3. The Hall–Kier alpha value is -4.64. The van der Waals surface area contributed by atoms with Gasteiger partial charge in [0.1, 0.15) is 6.61 Å². The summed E-state index contributed by atoms with van der Waals surface area (Å²) in [4.78, 5) is 28.1. The first-order valence-electron chi connectivity index (χ1n) is 13.3. The fourth-order valence-electron chi connectivity index (χ4n) is 5.06. The van der Waals surface area contributed by atoms with E-state index in [9.17, 15) is 9.59 Å². The number of carbonyl (C=O) groups excluding carboxylic acids is 2. The minimum Gasteiger partial charge on any atom is -0.460 e. The van der Waals surface area contributed by atoms with Gasteiger partial charge in [0.15, 0.2) is 0 Å². The lowest BCUT2D eigenvalue weighted by Gasteiger charge is -2.38. The summed E-state index contributed by atoms with van der Waals surface area (Å²) in [7, 11) is 0. The lowest BCUT2D eigenvalue weighted by atomic mass is 9.96. The van der Waals surface area contributed by atoms with Crippen LogP contribution in [0.1, 0.15) is 33.9 Å². The van der Waals surface area contributed by atoms with Crippen LogP contribution in [0.4, 0.5) is 5.69 Å². The molecule has 5 rings (SSSR count). The van der Waals surface area contributed by atoms with E-state index in [1.165, 1.54) is 5.56 Å². The first-order chi connectivity index (χ1) is 19.2. The summed E-state index contributed by atoms with van der Waals surface area (Å²) >= 11 is 0. The van der Waals surface area contributed by atoms with Crippen molar-refractivity contribution in [2.75, 3.05) is 11.9 Å². The number of rotatable bonds is 11. The molecule has 4 aromatic carbocycles. The van der Waals surface area contributed by atoms with Crippen LogP contribution in [0.2, 0.25) is 0 Å². The summed E-state index contributed by atoms with van der Waals surface area (Å²) < 4.78 is 5.80. The molecule has 0 saturated heterocycles. The van der Waals surface area contributed by atoms with E-state index >= 15 is 0 Å². The van der Waals surface area contributed by atoms with Gasteiger partial charge in [-0.05, 0) is 48.2 Å². The van der Waals surface area contributed by atoms with E-state index in [-0.39, 0.29) is 24.6 Å². The Bertz CT molecular complexity index is 1380. The Morgan fingerprint density at radius 3 is 2.05 bits per heavy atom. The van der Waals surface area contributed by atoms with Gasteiger partial charge in [-0.3, -0.25) is 4.79 Å². The molecule has 1 heterocycles. The number of anilines is 1. The maximum absolute atomic E-state index is 13.4. The molecule has 0 fully saturated rings. The number of esters is 1. The standard InChI is InChI=1S/C34H32N2O3/c37-33-24-23-31(30(35-29-19-11-4-12-20-29)22-21-26-13-5-1-6-14-26)36(33)32(27-15-7-2-8-16-27)25-39-34(38)28-17-9-3-10-18-28/h1-20,23-24,30-32,35H,21-22,25H2/t30-,31+,32-/m0/s1. The van der Waals surface area contributed by atoms with Gasteiger partial charge in [0, 0.05) is 11.8 Å². The Labute approximate surface area is 229 Å². The van der Waals surface area contributed by atoms with Crippen LogP contribution in [-0.2, 0) is 16.0 Å². The highest BCUT2D eigenvalue weighted by Crippen LogP contribution is 2.31. The summed E-state index contributed by atoms with van der Waals surface area (Å²) in [5, 5.41) is 3.69. The van der Waals surface area contributed by atoms with Crippen molar-refractivity contribution >= 4 is 17.6 Å². The van der Waals surface area contributed by atoms with Crippen LogP contribution in [-0.4, -0.2) is 35.5 Å². The normalized spacial score (nSPS) is 16.1. The zero-order chi connectivity index (χ0) is 26.9. The summed E-state index contributed by atoms with van der Waals surface area (Å²) in [5.41, 5.74) is 3.64. The maximum Gasteiger partial charge on any atom is 0.338 e. The number of amides is 1. The smallest absolute Gasteiger partial charge is 0.338 e. The topological polar surface area (TPSA) is 58.6 Å². The average Bonchev–Trinajstić information content (AvgIpc) is 3.38. The maximum atomic E-state index is 13.4. The highest BCUT2D eigenvalue weighted by molar-refractivity contribution is 5.91. The van der Waals surface area contributed by atoms with Gasteiger partial charge in [0.25, 0.3) is 0 Å². The monoisotopic (exact) mass is 516 g/mol. The van der Waals surface area contributed by atoms with Crippen LogP contribution in [0.15, 0.2) is 133 Å². The molecule has 0 aliphatic carbocycles. The highest BCUT2D eigenvalue weighted by Gasteiger charge is 2.38. The van der Waals surface area contributed by atoms with E-state index in [1.807, 2.05) is 108 Å². The zero-order valence-electron chi connectivity index (χ0n) is 21.7. The van der Waals surface area contributed by atoms with Gasteiger partial charge >= 0.3 is 5.97 Å². The molecule has 1 amide bonds. The molecule has 0 saturated carbocycles. The molecule has 4 aromatic rings. The van der Waals surface area contributed by atoms with E-state index in [2.05, 4.69) is 17.4 Å². The van der Waals surface area contributed by atoms with E-state index < -0.39 is 12.0 Å². The Morgan fingerprint density at radius 2 is 1.38 bits per heavy atom. The molecule has 0 radical (unpaired) electrons. The quantitative estimate of drug-likeness (QED) is 0.232. The van der Waals surface area contributed by atoms with Crippen molar-refractivity contribution in [1.82, 2.24) is 4.90 Å². The van der Waals surface area contributed by atoms with Crippen molar-refractivity contribution in [2.24, 2.45) is 0 Å². The van der Waals surface area contributed by atoms with Gasteiger partial charge in [0.05, 0.1) is 23.7 Å². The molecule has 196 valence electrons. The predicted molar refractivity (Wildman–Crippen MR) is 154 cm³/mol. The zero-order valence-corrected chi connectivity index (χ0v) is 21.7. The number of aryl methyl sites for hydroxylation is 1. The van der Waals surface area contributed by atoms with E-state index in [1.54, 1.807) is 18.2 Å². The number of hydrogen-bond donors (Lipinski definition) is 1. The SMILES string of the molecule is O=C(OC[C@@H](c1ccccc1)N1C(=O)C=C[C@@H]1[C@H](CCc1ccccc1)Nc1ccccc1)c1ccccc1. The third-order valence-electron chi connectivity index (χ3n) is 7.04. The van der Waals surface area contributed by atoms with Crippen molar-refractivity contribution in [2.45, 2.75) is 31.0 Å². The molecule has 1 aliphatic rings. The van der Waals surface area contributed by atoms with Gasteiger partial charge in [-0.2, -0.15) is 0 Å². The van der Waals surface area contributed by atoms with Crippen molar-refractivity contribution < 1.29 is 14.3 Å². The van der Waals surface area contributed by atoms with Crippen LogP contribution < -0.4 is 5.32 Å². The number of benzene rings is 4. The molecule has 5 heteroatoms. The fourth-order valence-corrected chi connectivity index (χ4v) is 5.06. The Morgan fingerprint density at radius 1 is 0.795 bits per heavy atom. The van der Waals surface area contributed by atoms with Crippen LogP contribution in [0, 0.1) is 0 Å². The highest BCUT2D eigenvalue weighted by atomic mass is 16.5. The second-order valence-electron chi connectivity index (χ2n) is 9.63. The number of carbonyl (C=O) groups is 2. The van der Waals surface area contributed by atoms with Gasteiger partial charge in [-0.15, -0.1) is 0 Å². The van der Waals surface area contributed by atoms with Gasteiger partial charge in [-0.25, -0.2) is 4.79 Å². The molecule has 3 atom stereocenters. The minimum absolute atomic E-state index is 0.0540. The molecule has 39 heavy (non-hydrogen) atoms. The van der Waals surface area contributed by atoms with Crippen LogP contribution >= 0.6 is 0 Å². The van der Waals surface area contributed by atoms with Crippen LogP contribution in [0.25, 0.3) is 0 Å². The lowest BCUT2D eigenvalue weighted by Crippen LogP contribution is -2.48. The van der Waals surface area contributed by atoms with Crippen LogP contribution in [0.5, 0.6) is 0 Å². The number of ether oxygens (including phenoxy) is 1. The number of nitrogens with zero attached hydrogens (tertiary/aromatic N) is 1. The number of hydrogen-bond acceptors (Lipinski definition) is 4. The predicted octanol–water partition coefficient (Wildman–Crippen LogP) is 6.47. The van der Waals surface area contributed by atoms with Crippen molar-refractivity contribution in [3.8, 4) is 0 Å². The average molecular weight is 517 g/mol. The summed E-state index contributed by atoms with van der Waals surface area (Å²) in [6, 6.07) is 38.4. The van der Waals surface area contributed by atoms with Gasteiger partial charge in [-0.1, -0.05) is 103 Å². The third kappa shape index (κ3) is 6.63. The van der Waals surface area contributed by atoms with Crippen molar-refractivity contribution in [1.29, 1.82) is 0 Å². The molecular formula is C34H32N2O3. The van der Waals surface area contributed by atoms with Crippen molar-refractivity contribution in [3.05, 3.63) is 150 Å². The molecule has 0 unspecified atom stereocenters. The van der Waals surface area contributed by atoms with E-state index in [4.69, 9.17) is 4.74 Å². The molecule has 0 bridgehead atoms. The first kappa shape index (κ1) is 26.0. The van der Waals surface area contributed by atoms with E-state index in [0.717, 1.165) is 24.1 Å². The third-order valence-corrected chi connectivity index (χ3v) is 7.04. The molecule has 1 N–H and O–H groups in total. The fraction of sp³-hybridized carbons (Fsp3) is 0.176. The van der Waals surface area contributed by atoms with Crippen molar-refractivity contribution in [3.63, 3.8) is 0 Å². The summed E-state index contributed by atoms with van der Waals surface area (Å²) in [6.07, 6.45) is 5.28. The number of para-hydroxylation sites is 1. The van der Waals surface area contributed by atoms with Gasteiger partial charge < -0.3 is 15.0 Å². The molecule has 0 spiro atoms. The molecular weight excluding hydrogens is 484 g/mol.